The number of rotatable bonds is 3. The van der Waals surface area contributed by atoms with Gasteiger partial charge in [-0.3, -0.25) is 9.97 Å². The molecule has 2 unspecified atom stereocenters. The van der Waals surface area contributed by atoms with Crippen molar-refractivity contribution in [1.29, 1.82) is 0 Å². The van der Waals surface area contributed by atoms with Crippen molar-refractivity contribution < 1.29 is 4.74 Å². The average Bonchev–Trinajstić information content (AvgIpc) is 3.57. The van der Waals surface area contributed by atoms with Crippen LogP contribution in [0.2, 0.25) is 0 Å². The molecule has 5 nitrogen and oxygen atoms in total. The molecule has 1 aliphatic heterocycles. The van der Waals surface area contributed by atoms with Gasteiger partial charge in [-0.2, -0.15) is 0 Å². The van der Waals surface area contributed by atoms with Gasteiger partial charge < -0.3 is 13.9 Å². The van der Waals surface area contributed by atoms with Gasteiger partial charge in [0.1, 0.15) is 11.9 Å². The molecule has 0 radical (unpaired) electrons. The second-order valence-electron chi connectivity index (χ2n) is 11.3. The lowest BCUT2D eigenvalue weighted by Gasteiger charge is -2.23. The number of para-hydroxylation sites is 1. The van der Waals surface area contributed by atoms with Crippen LogP contribution in [0.5, 0.6) is 5.75 Å². The summed E-state index contributed by atoms with van der Waals surface area (Å²) in [4.78, 5) is 9.70. The van der Waals surface area contributed by atoms with E-state index in [0.29, 0.717) is 5.92 Å². The smallest absolute Gasteiger partial charge is 0.147 e. The van der Waals surface area contributed by atoms with Gasteiger partial charge in [0, 0.05) is 34.6 Å². The Hall–Kier alpha value is -4.90. The fraction of sp³-hybridized carbons (Fsp3) is 0.189. The summed E-state index contributed by atoms with van der Waals surface area (Å²) >= 11 is 0. The molecule has 0 fully saturated rings. The summed E-state index contributed by atoms with van der Waals surface area (Å²) in [6, 6.07) is 21.6. The van der Waals surface area contributed by atoms with E-state index in [1.807, 2.05) is 24.5 Å². The number of aromatic nitrogens is 4. The molecule has 6 aromatic rings. The van der Waals surface area contributed by atoms with Crippen LogP contribution in [0, 0.1) is 0 Å². The Morgan fingerprint density at radius 2 is 1.64 bits per heavy atom. The Morgan fingerprint density at radius 1 is 0.857 bits per heavy atom. The first-order valence-electron chi connectivity index (χ1n) is 14.9. The Bertz CT molecular complexity index is 2040. The molecule has 2 atom stereocenters. The first kappa shape index (κ1) is 24.9. The molecule has 2 aliphatic rings. The van der Waals surface area contributed by atoms with E-state index >= 15 is 0 Å². The van der Waals surface area contributed by atoms with E-state index < -0.39 is 0 Å². The third kappa shape index (κ3) is 3.77. The summed E-state index contributed by atoms with van der Waals surface area (Å²) in [5, 5.41) is 1.13. The van der Waals surface area contributed by atoms with Crippen LogP contribution in [0.4, 0.5) is 0 Å². The predicted molar refractivity (Wildman–Crippen MR) is 172 cm³/mol. The molecule has 5 heterocycles. The van der Waals surface area contributed by atoms with Gasteiger partial charge in [0.25, 0.3) is 0 Å². The topological polar surface area (TPSA) is 44.9 Å². The zero-order chi connectivity index (χ0) is 28.2. The van der Waals surface area contributed by atoms with Crippen LogP contribution in [0.1, 0.15) is 49.4 Å². The molecule has 5 heteroatoms. The van der Waals surface area contributed by atoms with E-state index in [4.69, 9.17) is 14.7 Å². The van der Waals surface area contributed by atoms with Crippen molar-refractivity contribution >= 4 is 39.0 Å². The second kappa shape index (κ2) is 9.88. The van der Waals surface area contributed by atoms with Gasteiger partial charge in [-0.05, 0) is 79.8 Å². The minimum absolute atomic E-state index is 0.0320. The van der Waals surface area contributed by atoms with Crippen LogP contribution in [-0.2, 0) is 6.42 Å². The van der Waals surface area contributed by atoms with Crippen molar-refractivity contribution in [2.75, 3.05) is 0 Å². The maximum Gasteiger partial charge on any atom is 0.147 e. The number of hydrogen-bond donors (Lipinski definition) is 0. The number of allylic oxidation sites excluding steroid dienone is 4. The number of benzene rings is 2. The van der Waals surface area contributed by atoms with Crippen LogP contribution >= 0.6 is 0 Å². The lowest BCUT2D eigenvalue weighted by atomic mass is 9.92. The van der Waals surface area contributed by atoms with Crippen LogP contribution in [0.25, 0.3) is 50.4 Å². The van der Waals surface area contributed by atoms with Gasteiger partial charge in [-0.1, -0.05) is 56.4 Å². The molecule has 2 aromatic carbocycles. The predicted octanol–water partition coefficient (Wildman–Crippen LogP) is 8.86. The van der Waals surface area contributed by atoms with Crippen molar-refractivity contribution in [3.05, 3.63) is 120 Å². The first-order chi connectivity index (χ1) is 20.7. The van der Waals surface area contributed by atoms with Gasteiger partial charge in [-0.15, -0.1) is 0 Å². The van der Waals surface area contributed by atoms with Gasteiger partial charge in [0.05, 0.1) is 39.0 Å². The second-order valence-corrected chi connectivity index (χ2v) is 11.3. The van der Waals surface area contributed by atoms with Crippen molar-refractivity contribution in [1.82, 2.24) is 19.1 Å². The molecule has 0 bridgehead atoms. The third-order valence-corrected chi connectivity index (χ3v) is 8.70. The largest absolute Gasteiger partial charge is 0.484 e. The SMILES string of the molecule is CCC1/C=C\C=C/Cc2cc(-n3c4c(c5ncccc53)C(C)CC=C4)cc(-n3c4ccccc4c4ncccc43)c2O1. The van der Waals surface area contributed by atoms with Gasteiger partial charge in [-0.25, -0.2) is 0 Å². The molecule has 4 aromatic heterocycles. The molecule has 0 amide bonds. The molecular formula is C37H32N4O. The van der Waals surface area contributed by atoms with E-state index in [1.54, 1.807) is 0 Å². The highest BCUT2D eigenvalue weighted by Crippen LogP contribution is 2.42. The van der Waals surface area contributed by atoms with E-state index in [2.05, 4.69) is 108 Å². The number of nitrogens with zero attached hydrogens (tertiary/aromatic N) is 4. The molecule has 42 heavy (non-hydrogen) atoms. The highest BCUT2D eigenvalue weighted by molar-refractivity contribution is 6.07. The van der Waals surface area contributed by atoms with E-state index in [-0.39, 0.29) is 6.10 Å². The monoisotopic (exact) mass is 548 g/mol. The summed E-state index contributed by atoms with van der Waals surface area (Å²) in [6.45, 7) is 4.48. The summed E-state index contributed by atoms with van der Waals surface area (Å²) < 4.78 is 11.6. The minimum atomic E-state index is -0.0320. The summed E-state index contributed by atoms with van der Waals surface area (Å²) in [5.41, 5.74) is 11.2. The quantitative estimate of drug-likeness (QED) is 0.222. The highest BCUT2D eigenvalue weighted by atomic mass is 16.5. The highest BCUT2D eigenvalue weighted by Gasteiger charge is 2.26. The van der Waals surface area contributed by atoms with Gasteiger partial charge in [0.15, 0.2) is 0 Å². The fourth-order valence-electron chi connectivity index (χ4n) is 6.74. The molecule has 1 aliphatic carbocycles. The maximum atomic E-state index is 6.90. The minimum Gasteiger partial charge on any atom is -0.484 e. The number of hydrogen-bond acceptors (Lipinski definition) is 3. The van der Waals surface area contributed by atoms with Crippen LogP contribution < -0.4 is 4.74 Å². The Balaban J connectivity index is 1.50. The average molecular weight is 549 g/mol. The zero-order valence-electron chi connectivity index (χ0n) is 23.9. The molecule has 0 spiro atoms. The van der Waals surface area contributed by atoms with E-state index in [1.165, 1.54) is 11.3 Å². The first-order valence-corrected chi connectivity index (χ1v) is 14.9. The summed E-state index contributed by atoms with van der Waals surface area (Å²) in [5.74, 6) is 1.32. The lowest BCUT2D eigenvalue weighted by molar-refractivity contribution is 0.243. The van der Waals surface area contributed by atoms with Crippen molar-refractivity contribution in [3.63, 3.8) is 0 Å². The summed E-state index contributed by atoms with van der Waals surface area (Å²) in [6.07, 6.45) is 19.6. The molecular weight excluding hydrogens is 516 g/mol. The Morgan fingerprint density at radius 3 is 2.50 bits per heavy atom. The Labute approximate surface area is 245 Å². The van der Waals surface area contributed by atoms with Gasteiger partial charge in [0.2, 0.25) is 0 Å². The van der Waals surface area contributed by atoms with Crippen LogP contribution in [0.15, 0.2) is 103 Å². The van der Waals surface area contributed by atoms with E-state index in [9.17, 15) is 0 Å². The normalized spacial score (nSPS) is 19.6. The van der Waals surface area contributed by atoms with E-state index in [0.717, 1.165) is 74.9 Å². The molecule has 8 rings (SSSR count). The van der Waals surface area contributed by atoms with Crippen LogP contribution in [-0.4, -0.2) is 25.2 Å². The van der Waals surface area contributed by atoms with Gasteiger partial charge >= 0.3 is 0 Å². The molecule has 0 saturated heterocycles. The maximum absolute atomic E-state index is 6.90. The zero-order valence-corrected chi connectivity index (χ0v) is 23.9. The van der Waals surface area contributed by atoms with Crippen molar-refractivity contribution in [2.45, 2.75) is 45.1 Å². The molecule has 206 valence electrons. The fourth-order valence-corrected chi connectivity index (χ4v) is 6.74. The Kier molecular flexibility index (Phi) is 5.85. The van der Waals surface area contributed by atoms with Crippen molar-refractivity contribution in [2.24, 2.45) is 0 Å². The summed E-state index contributed by atoms with van der Waals surface area (Å²) in [7, 11) is 0. The standard InChI is InChI=1S/C37H32N4O/c1-3-27-14-6-4-5-13-25-22-26(40-30-17-9-12-24(2)34(30)36-32(40)19-11-21-39-36)23-33(37(25)42-27)41-29-16-8-7-15-28(29)35-31(41)18-10-20-38-35/h4-11,14-24,27H,3,12-13H2,1-2H3/b5-4-,14-6-. The molecule has 0 N–H and O–H groups in total. The number of fused-ring (bicyclic) bond motifs is 7. The number of pyridine rings is 2. The molecule has 0 saturated carbocycles. The van der Waals surface area contributed by atoms with Crippen LogP contribution in [0.3, 0.4) is 0 Å². The third-order valence-electron chi connectivity index (χ3n) is 8.70. The number of ether oxygens (including phenoxy) is 1. The lowest BCUT2D eigenvalue weighted by Crippen LogP contribution is -2.15. The van der Waals surface area contributed by atoms with Crippen molar-refractivity contribution in [3.8, 4) is 17.1 Å².